The standard InChI is InChI=1S/C13H26.C10H20.C3H8.C2H6.CH4/c1-9(2)12-7-6-11(5)8-13(12)10(3)4;1-8(2)10-6-4-5-9(3)7-10;1-3-2;1-2;/h9-13H,6-8H2,1-5H3;8-10H,4-7H2,1-3H3;3H2,1-2H3;1-2H3;1H4. The zero-order valence-corrected chi connectivity index (χ0v) is 22.3. The summed E-state index contributed by atoms with van der Waals surface area (Å²) in [6.07, 6.45) is 11.6. The lowest BCUT2D eigenvalue weighted by Gasteiger charge is -2.39. The van der Waals surface area contributed by atoms with E-state index in [1.54, 1.807) is 0 Å². The van der Waals surface area contributed by atoms with Crippen molar-refractivity contribution in [3.05, 3.63) is 0 Å². The Morgan fingerprint density at radius 3 is 1.41 bits per heavy atom. The molecule has 0 heterocycles. The van der Waals surface area contributed by atoms with Crippen molar-refractivity contribution in [1.29, 1.82) is 0 Å². The lowest BCUT2D eigenvalue weighted by atomic mass is 9.66. The molecule has 0 spiro atoms. The van der Waals surface area contributed by atoms with Crippen molar-refractivity contribution < 1.29 is 0 Å². The molecule has 0 aromatic heterocycles. The second kappa shape index (κ2) is 19.9. The average Bonchev–Trinajstić information content (AvgIpc) is 2.64. The predicted molar refractivity (Wildman–Crippen MR) is 140 cm³/mol. The van der Waals surface area contributed by atoms with E-state index in [4.69, 9.17) is 0 Å². The largest absolute Gasteiger partial charge is 0.0776 e. The Morgan fingerprint density at radius 1 is 0.621 bits per heavy atom. The fourth-order valence-corrected chi connectivity index (χ4v) is 5.13. The van der Waals surface area contributed by atoms with Gasteiger partial charge in [0.1, 0.15) is 0 Å². The molecule has 2 saturated carbocycles. The van der Waals surface area contributed by atoms with Crippen molar-refractivity contribution in [1.82, 2.24) is 0 Å². The molecule has 0 N–H and O–H groups in total. The second-order valence-corrected chi connectivity index (χ2v) is 10.7. The number of hydrogen-bond acceptors (Lipinski definition) is 0. The van der Waals surface area contributed by atoms with Gasteiger partial charge in [-0.15, -0.1) is 0 Å². The minimum Gasteiger partial charge on any atom is -0.0776 e. The van der Waals surface area contributed by atoms with Gasteiger partial charge in [-0.1, -0.05) is 123 Å². The molecule has 5 atom stereocenters. The van der Waals surface area contributed by atoms with E-state index in [-0.39, 0.29) is 7.43 Å². The van der Waals surface area contributed by atoms with Crippen LogP contribution in [0.3, 0.4) is 0 Å². The number of hydrogen-bond donors (Lipinski definition) is 0. The molecule has 2 fully saturated rings. The SMILES string of the molecule is C.CC.CC1CCC(C(C)C)C(C(C)C)C1.CC1CCCC(C(C)C)C1.CCC. The van der Waals surface area contributed by atoms with E-state index in [1.165, 1.54) is 51.4 Å². The van der Waals surface area contributed by atoms with Crippen LogP contribution in [-0.4, -0.2) is 0 Å². The second-order valence-electron chi connectivity index (χ2n) is 10.7. The highest BCUT2D eigenvalue weighted by atomic mass is 14.4. The summed E-state index contributed by atoms with van der Waals surface area (Å²) in [5.74, 6) is 7.69. The van der Waals surface area contributed by atoms with Crippen LogP contribution in [0.5, 0.6) is 0 Å². The Balaban J connectivity index is -0.000000378. The van der Waals surface area contributed by atoms with E-state index < -0.39 is 0 Å². The van der Waals surface area contributed by atoms with Crippen molar-refractivity contribution in [2.45, 2.75) is 142 Å². The van der Waals surface area contributed by atoms with Gasteiger partial charge in [-0.05, 0) is 66.6 Å². The minimum atomic E-state index is 0. The van der Waals surface area contributed by atoms with Crippen LogP contribution >= 0.6 is 0 Å². The van der Waals surface area contributed by atoms with Gasteiger partial charge in [-0.25, -0.2) is 0 Å². The van der Waals surface area contributed by atoms with Gasteiger partial charge in [0, 0.05) is 0 Å². The summed E-state index contributed by atoms with van der Waals surface area (Å²) in [6, 6.07) is 0. The maximum Gasteiger partial charge on any atom is -0.0358 e. The highest BCUT2D eigenvalue weighted by Gasteiger charge is 2.32. The third-order valence-corrected chi connectivity index (χ3v) is 6.85. The van der Waals surface area contributed by atoms with Crippen LogP contribution in [0.15, 0.2) is 0 Å². The maximum atomic E-state index is 2.42. The van der Waals surface area contributed by atoms with Crippen LogP contribution in [0, 0.1) is 47.3 Å². The number of rotatable bonds is 3. The van der Waals surface area contributed by atoms with Crippen LogP contribution in [0.4, 0.5) is 0 Å². The van der Waals surface area contributed by atoms with E-state index in [9.17, 15) is 0 Å². The molecular weight excluding hydrogens is 348 g/mol. The van der Waals surface area contributed by atoms with Gasteiger partial charge in [-0.3, -0.25) is 0 Å². The molecule has 2 aliphatic carbocycles. The van der Waals surface area contributed by atoms with E-state index in [0.29, 0.717) is 0 Å². The molecule has 180 valence electrons. The summed E-state index contributed by atoms with van der Waals surface area (Å²) in [6.45, 7) is 27.4. The lowest BCUT2D eigenvalue weighted by Crippen LogP contribution is -2.30. The van der Waals surface area contributed by atoms with Gasteiger partial charge in [0.05, 0.1) is 0 Å². The smallest absolute Gasteiger partial charge is 0.0358 e. The van der Waals surface area contributed by atoms with Crippen LogP contribution in [-0.2, 0) is 0 Å². The van der Waals surface area contributed by atoms with Gasteiger partial charge in [0.15, 0.2) is 0 Å². The molecule has 29 heavy (non-hydrogen) atoms. The molecule has 5 unspecified atom stereocenters. The highest BCUT2D eigenvalue weighted by Crippen LogP contribution is 2.41. The molecular formula is C29H64. The topological polar surface area (TPSA) is 0 Å². The molecule has 0 amide bonds. The zero-order chi connectivity index (χ0) is 22.3. The fraction of sp³-hybridized carbons (Fsp3) is 1.00. The summed E-state index contributed by atoms with van der Waals surface area (Å²) < 4.78 is 0. The molecule has 0 heteroatoms. The first-order chi connectivity index (χ1) is 13.1. The molecule has 0 aromatic carbocycles. The van der Waals surface area contributed by atoms with Crippen molar-refractivity contribution >= 4 is 0 Å². The highest BCUT2D eigenvalue weighted by molar-refractivity contribution is 4.82. The zero-order valence-electron chi connectivity index (χ0n) is 22.3. The van der Waals surface area contributed by atoms with Gasteiger partial charge in [0.2, 0.25) is 0 Å². The van der Waals surface area contributed by atoms with E-state index in [2.05, 4.69) is 69.2 Å². The summed E-state index contributed by atoms with van der Waals surface area (Å²) in [5, 5.41) is 0. The molecule has 2 aliphatic rings. The molecule has 0 saturated heterocycles. The van der Waals surface area contributed by atoms with Crippen LogP contribution in [0.1, 0.15) is 142 Å². The van der Waals surface area contributed by atoms with Gasteiger partial charge in [0.25, 0.3) is 0 Å². The van der Waals surface area contributed by atoms with Crippen molar-refractivity contribution in [3.8, 4) is 0 Å². The molecule has 0 radical (unpaired) electrons. The van der Waals surface area contributed by atoms with E-state index in [1.807, 2.05) is 13.8 Å². The van der Waals surface area contributed by atoms with Crippen LogP contribution in [0.2, 0.25) is 0 Å². The Labute approximate surface area is 189 Å². The molecule has 0 bridgehead atoms. The Kier molecular flexibility index (Phi) is 23.1. The van der Waals surface area contributed by atoms with Gasteiger partial charge < -0.3 is 0 Å². The molecule has 0 nitrogen and oxygen atoms in total. The summed E-state index contributed by atoms with van der Waals surface area (Å²) in [4.78, 5) is 0. The summed E-state index contributed by atoms with van der Waals surface area (Å²) in [5.41, 5.74) is 0. The van der Waals surface area contributed by atoms with Crippen LogP contribution in [0.25, 0.3) is 0 Å². The first kappa shape index (κ1) is 33.6. The summed E-state index contributed by atoms with van der Waals surface area (Å²) >= 11 is 0. The predicted octanol–water partition coefficient (Wildman–Crippen LogP) is 10.9. The summed E-state index contributed by atoms with van der Waals surface area (Å²) in [7, 11) is 0. The first-order valence-corrected chi connectivity index (χ1v) is 13.1. The fourth-order valence-electron chi connectivity index (χ4n) is 5.13. The monoisotopic (exact) mass is 413 g/mol. The quantitative estimate of drug-likeness (QED) is 0.432. The lowest BCUT2D eigenvalue weighted by molar-refractivity contribution is 0.106. The Hall–Kier alpha value is 0. The van der Waals surface area contributed by atoms with Crippen molar-refractivity contribution in [2.75, 3.05) is 0 Å². The Morgan fingerprint density at radius 2 is 1.07 bits per heavy atom. The molecule has 0 aliphatic heterocycles. The third kappa shape index (κ3) is 15.5. The maximum absolute atomic E-state index is 2.42. The molecule has 0 aromatic rings. The molecule has 2 rings (SSSR count). The van der Waals surface area contributed by atoms with E-state index >= 15 is 0 Å². The van der Waals surface area contributed by atoms with Crippen molar-refractivity contribution in [3.63, 3.8) is 0 Å². The minimum absolute atomic E-state index is 0. The van der Waals surface area contributed by atoms with E-state index in [0.717, 1.165) is 47.3 Å². The third-order valence-electron chi connectivity index (χ3n) is 6.85. The van der Waals surface area contributed by atoms with Gasteiger partial charge >= 0.3 is 0 Å². The normalized spacial score (nSPS) is 28.9. The van der Waals surface area contributed by atoms with Crippen LogP contribution < -0.4 is 0 Å². The van der Waals surface area contributed by atoms with Gasteiger partial charge in [-0.2, -0.15) is 0 Å². The first-order valence-electron chi connectivity index (χ1n) is 13.1. The Bertz CT molecular complexity index is 314. The van der Waals surface area contributed by atoms with Crippen molar-refractivity contribution in [2.24, 2.45) is 47.3 Å². The average molecular weight is 413 g/mol.